The molecule has 0 aliphatic rings. The zero-order valence-corrected chi connectivity index (χ0v) is 17.0. The van der Waals surface area contributed by atoms with Crippen LogP contribution in [0.3, 0.4) is 0 Å². The lowest BCUT2D eigenvalue weighted by Gasteiger charge is -2.05. The van der Waals surface area contributed by atoms with Crippen LogP contribution < -0.4 is 0 Å². The molecule has 0 amide bonds. The average Bonchev–Trinajstić information content (AvgIpc) is 2.55. The summed E-state index contributed by atoms with van der Waals surface area (Å²) >= 11 is 2.34. The Labute approximate surface area is 162 Å². The molecule has 0 saturated heterocycles. The Morgan fingerprint density at radius 1 is 0.840 bits per heavy atom. The minimum atomic E-state index is -4.02. The first-order valence-electron chi connectivity index (χ1n) is 7.63. The highest BCUT2D eigenvalue weighted by Gasteiger charge is 2.06. The fraction of sp³-hybridized carbons (Fsp3) is 0.100. The first kappa shape index (κ1) is 19.6. The molecule has 0 heterocycles. The molecule has 3 aromatic rings. The number of aryl methyl sites for hydroxylation is 2. The lowest BCUT2D eigenvalue weighted by Crippen LogP contribution is -1.96. The predicted molar refractivity (Wildman–Crippen MR) is 110 cm³/mol. The molecule has 3 nitrogen and oxygen atoms in total. The highest BCUT2D eigenvalue weighted by atomic mass is 127. The third kappa shape index (κ3) is 5.95. The van der Waals surface area contributed by atoms with Crippen LogP contribution in [-0.4, -0.2) is 13.0 Å². The Balaban J connectivity index is 0.000000186. The largest absolute Gasteiger partial charge is 0.294 e. The maximum absolute atomic E-state index is 10.5. The highest BCUT2D eigenvalue weighted by molar-refractivity contribution is 14.1. The van der Waals surface area contributed by atoms with Crippen LogP contribution in [-0.2, 0) is 10.1 Å². The van der Waals surface area contributed by atoms with Crippen molar-refractivity contribution in [1.82, 2.24) is 0 Å². The third-order valence-corrected chi connectivity index (χ3v) is 5.14. The Morgan fingerprint density at radius 3 is 2.04 bits per heavy atom. The van der Waals surface area contributed by atoms with Crippen LogP contribution >= 0.6 is 22.6 Å². The van der Waals surface area contributed by atoms with Gasteiger partial charge >= 0.3 is 0 Å². The smallest absolute Gasteiger partial charge is 0.282 e. The van der Waals surface area contributed by atoms with Crippen molar-refractivity contribution in [2.24, 2.45) is 0 Å². The molecular weight excluding hydrogens is 447 g/mol. The minimum absolute atomic E-state index is 0.0666. The number of hydrogen-bond acceptors (Lipinski definition) is 2. The summed E-state index contributed by atoms with van der Waals surface area (Å²) in [6, 6.07) is 23.0. The van der Waals surface area contributed by atoms with E-state index in [9.17, 15) is 8.42 Å². The first-order valence-corrected chi connectivity index (χ1v) is 10.1. The number of rotatable bonds is 2. The molecule has 0 bridgehead atoms. The second-order valence-electron chi connectivity index (χ2n) is 5.61. The van der Waals surface area contributed by atoms with Gasteiger partial charge in [0.05, 0.1) is 4.90 Å². The predicted octanol–water partition coefficient (Wildman–Crippen LogP) is 5.51. The Hall–Kier alpha value is -1.70. The van der Waals surface area contributed by atoms with Crippen molar-refractivity contribution in [3.8, 4) is 11.1 Å². The SMILES string of the molecule is Cc1ccc(S(=O)(=O)O)cc1.Cc1ccccc1-c1cccc(I)c1. The van der Waals surface area contributed by atoms with E-state index < -0.39 is 10.1 Å². The molecule has 1 N–H and O–H groups in total. The molecule has 0 aliphatic heterocycles. The van der Waals surface area contributed by atoms with E-state index in [4.69, 9.17) is 4.55 Å². The lowest BCUT2D eigenvalue weighted by atomic mass is 10.0. The van der Waals surface area contributed by atoms with Gasteiger partial charge in [0.15, 0.2) is 0 Å². The van der Waals surface area contributed by atoms with Gasteiger partial charge in [-0.25, -0.2) is 0 Å². The maximum atomic E-state index is 10.5. The van der Waals surface area contributed by atoms with E-state index in [1.807, 2.05) is 6.92 Å². The minimum Gasteiger partial charge on any atom is -0.282 e. The summed E-state index contributed by atoms with van der Waals surface area (Å²) in [7, 11) is -4.02. The van der Waals surface area contributed by atoms with Crippen molar-refractivity contribution in [3.63, 3.8) is 0 Å². The normalized spacial score (nSPS) is 10.7. The molecule has 0 aromatic heterocycles. The van der Waals surface area contributed by atoms with Crippen molar-refractivity contribution in [2.45, 2.75) is 18.7 Å². The number of hydrogen-bond donors (Lipinski definition) is 1. The quantitative estimate of drug-likeness (QED) is 0.401. The lowest BCUT2D eigenvalue weighted by molar-refractivity contribution is 0.483. The molecule has 0 aliphatic carbocycles. The van der Waals surface area contributed by atoms with Gasteiger partial charge in [-0.05, 0) is 77.4 Å². The summed E-state index contributed by atoms with van der Waals surface area (Å²) < 4.78 is 30.8. The van der Waals surface area contributed by atoms with E-state index in [0.29, 0.717) is 0 Å². The van der Waals surface area contributed by atoms with E-state index in [1.54, 1.807) is 12.1 Å². The molecule has 0 radical (unpaired) electrons. The molecule has 0 spiro atoms. The second-order valence-corrected chi connectivity index (χ2v) is 8.28. The second kappa shape index (κ2) is 8.60. The van der Waals surface area contributed by atoms with Gasteiger partial charge in [-0.2, -0.15) is 8.42 Å². The van der Waals surface area contributed by atoms with Gasteiger partial charge in [0.25, 0.3) is 10.1 Å². The molecule has 0 saturated carbocycles. The molecule has 3 aromatic carbocycles. The van der Waals surface area contributed by atoms with Crippen LogP contribution in [0.25, 0.3) is 11.1 Å². The Morgan fingerprint density at radius 2 is 1.48 bits per heavy atom. The van der Waals surface area contributed by atoms with Gasteiger partial charge in [0.2, 0.25) is 0 Å². The summed E-state index contributed by atoms with van der Waals surface area (Å²) in [4.78, 5) is -0.0666. The number of benzene rings is 3. The van der Waals surface area contributed by atoms with E-state index in [0.717, 1.165) is 5.56 Å². The van der Waals surface area contributed by atoms with Crippen LogP contribution in [0.2, 0.25) is 0 Å². The van der Waals surface area contributed by atoms with Crippen LogP contribution in [0.4, 0.5) is 0 Å². The van der Waals surface area contributed by atoms with Gasteiger partial charge in [-0.3, -0.25) is 4.55 Å². The van der Waals surface area contributed by atoms with Crippen LogP contribution in [0.15, 0.2) is 77.7 Å². The standard InChI is InChI=1S/C13H11I.C7H8O3S/c1-10-5-2-3-8-13(10)11-6-4-7-12(14)9-11;1-6-2-4-7(5-3-6)11(8,9)10/h2-9H,1H3;2-5H,1H3,(H,8,9,10). The molecule has 0 atom stereocenters. The van der Waals surface area contributed by atoms with Crippen molar-refractivity contribution in [3.05, 3.63) is 87.5 Å². The summed E-state index contributed by atoms with van der Waals surface area (Å²) in [5.41, 5.74) is 4.91. The molecule has 130 valence electrons. The topological polar surface area (TPSA) is 54.4 Å². The van der Waals surface area contributed by atoms with Crippen LogP contribution in [0, 0.1) is 17.4 Å². The molecule has 3 rings (SSSR count). The van der Waals surface area contributed by atoms with Crippen molar-refractivity contribution in [1.29, 1.82) is 0 Å². The number of halogens is 1. The Kier molecular flexibility index (Phi) is 6.75. The summed E-state index contributed by atoms with van der Waals surface area (Å²) in [6.07, 6.45) is 0. The monoisotopic (exact) mass is 466 g/mol. The van der Waals surface area contributed by atoms with Crippen LogP contribution in [0.1, 0.15) is 11.1 Å². The van der Waals surface area contributed by atoms with Gasteiger partial charge in [0, 0.05) is 3.57 Å². The molecule has 25 heavy (non-hydrogen) atoms. The van der Waals surface area contributed by atoms with Crippen molar-refractivity contribution < 1.29 is 13.0 Å². The fourth-order valence-corrected chi connectivity index (χ4v) is 3.29. The molecular formula is C20H19IO3S. The van der Waals surface area contributed by atoms with Gasteiger partial charge in [-0.15, -0.1) is 0 Å². The van der Waals surface area contributed by atoms with Crippen LogP contribution in [0.5, 0.6) is 0 Å². The molecule has 5 heteroatoms. The zero-order valence-electron chi connectivity index (χ0n) is 14.0. The van der Waals surface area contributed by atoms with E-state index >= 15 is 0 Å². The summed E-state index contributed by atoms with van der Waals surface area (Å²) in [6.45, 7) is 3.99. The maximum Gasteiger partial charge on any atom is 0.294 e. The van der Waals surface area contributed by atoms with Crippen molar-refractivity contribution in [2.75, 3.05) is 0 Å². The van der Waals surface area contributed by atoms with Crippen molar-refractivity contribution >= 4 is 32.7 Å². The summed E-state index contributed by atoms with van der Waals surface area (Å²) in [5, 5.41) is 0. The summed E-state index contributed by atoms with van der Waals surface area (Å²) in [5.74, 6) is 0. The zero-order chi connectivity index (χ0) is 18.4. The van der Waals surface area contributed by atoms with Gasteiger partial charge in [0.1, 0.15) is 0 Å². The fourth-order valence-electron chi connectivity index (χ4n) is 2.26. The van der Waals surface area contributed by atoms with E-state index in [1.165, 1.54) is 32.4 Å². The average molecular weight is 466 g/mol. The molecule has 0 unspecified atom stereocenters. The highest BCUT2D eigenvalue weighted by Crippen LogP contribution is 2.24. The Bertz CT molecular complexity index is 949. The van der Waals surface area contributed by atoms with Gasteiger partial charge < -0.3 is 0 Å². The van der Waals surface area contributed by atoms with Gasteiger partial charge in [-0.1, -0.05) is 54.1 Å². The third-order valence-electron chi connectivity index (χ3n) is 3.60. The molecule has 0 fully saturated rings. The first-order chi connectivity index (χ1) is 11.8. The van der Waals surface area contributed by atoms with E-state index in [-0.39, 0.29) is 4.90 Å². The van der Waals surface area contributed by atoms with E-state index in [2.05, 4.69) is 78.0 Å².